The fourth-order valence-electron chi connectivity index (χ4n) is 7.94. The lowest BCUT2D eigenvalue weighted by molar-refractivity contribution is 0.150. The maximum absolute atomic E-state index is 15.7. The van der Waals surface area contributed by atoms with Crippen molar-refractivity contribution in [1.82, 2.24) is 0 Å². The lowest BCUT2D eigenvalue weighted by Gasteiger charge is -2.38. The van der Waals surface area contributed by atoms with Crippen LogP contribution < -0.4 is 0 Å². The summed E-state index contributed by atoms with van der Waals surface area (Å²) in [5.74, 6) is 0.878. The Kier molecular flexibility index (Phi) is 14.1. The van der Waals surface area contributed by atoms with Gasteiger partial charge in [0.25, 0.3) is 0 Å². The molecule has 45 heavy (non-hydrogen) atoms. The Morgan fingerprint density at radius 1 is 0.800 bits per heavy atom. The Labute approximate surface area is 272 Å². The molecule has 246 valence electrons. The largest absolute Gasteiger partial charge is 0.211 e. The molecule has 2 aromatic carbocycles. The monoisotopic (exact) mass is 618 g/mol. The summed E-state index contributed by atoms with van der Waals surface area (Å²) < 4.78 is 45.5. The second-order valence-electron chi connectivity index (χ2n) is 13.9. The number of hydrogen-bond donors (Lipinski definition) is 0. The fraction of sp³-hybridized carbons (Fsp3) is 0.571. The molecular weight excluding hydrogens is 561 g/mol. The van der Waals surface area contributed by atoms with E-state index in [0.29, 0.717) is 29.9 Å². The molecule has 0 aromatic heterocycles. The second-order valence-corrected chi connectivity index (χ2v) is 13.9. The predicted molar refractivity (Wildman–Crippen MR) is 186 cm³/mol. The van der Waals surface area contributed by atoms with Crippen LogP contribution in [0.4, 0.5) is 13.2 Å². The minimum Gasteiger partial charge on any atom is -0.211 e. The third-order valence-corrected chi connectivity index (χ3v) is 10.9. The van der Waals surface area contributed by atoms with E-state index < -0.39 is 11.6 Å². The van der Waals surface area contributed by atoms with Gasteiger partial charge in [0.2, 0.25) is 0 Å². The van der Waals surface area contributed by atoms with Crippen LogP contribution >= 0.6 is 0 Å². The van der Waals surface area contributed by atoms with Gasteiger partial charge in [0.15, 0.2) is 11.6 Å². The van der Waals surface area contributed by atoms with Crippen molar-refractivity contribution in [3.63, 3.8) is 0 Å². The molecule has 2 aliphatic rings. The van der Waals surface area contributed by atoms with Crippen molar-refractivity contribution in [2.24, 2.45) is 23.7 Å². The molecule has 2 fully saturated rings. The smallest absolute Gasteiger partial charge is 0.166 e. The molecule has 2 aromatic rings. The first kappa shape index (κ1) is 35.3. The van der Waals surface area contributed by atoms with Crippen LogP contribution in [0.5, 0.6) is 0 Å². The van der Waals surface area contributed by atoms with Gasteiger partial charge in [0.05, 0.1) is 0 Å². The van der Waals surface area contributed by atoms with E-state index in [9.17, 15) is 4.39 Å². The van der Waals surface area contributed by atoms with Crippen LogP contribution in [0, 0.1) is 35.3 Å². The Hall–Kier alpha value is -2.55. The van der Waals surface area contributed by atoms with Gasteiger partial charge in [-0.25, -0.2) is 13.2 Å². The van der Waals surface area contributed by atoms with Crippen molar-refractivity contribution >= 4 is 0 Å². The quantitative estimate of drug-likeness (QED) is 0.106. The predicted octanol–water partition coefficient (Wildman–Crippen LogP) is 13.6. The zero-order valence-electron chi connectivity index (χ0n) is 28.2. The van der Waals surface area contributed by atoms with E-state index in [1.54, 1.807) is 30.3 Å². The first-order valence-electron chi connectivity index (χ1n) is 18.1. The van der Waals surface area contributed by atoms with E-state index >= 15 is 8.78 Å². The highest BCUT2D eigenvalue weighted by atomic mass is 19.2. The average Bonchev–Trinajstić information content (AvgIpc) is 3.06. The van der Waals surface area contributed by atoms with Crippen molar-refractivity contribution in [2.45, 2.75) is 129 Å². The maximum Gasteiger partial charge on any atom is 0.166 e. The number of unbranched alkanes of at least 4 members (excludes halogenated alkanes) is 3. The Bertz CT molecular complexity index is 1250. The highest BCUT2D eigenvalue weighted by molar-refractivity contribution is 5.65. The molecule has 0 radical (unpaired) electrons. The minimum atomic E-state index is -0.830. The minimum absolute atomic E-state index is 0.156. The Morgan fingerprint density at radius 2 is 1.47 bits per heavy atom. The molecule has 0 heterocycles. The zero-order chi connectivity index (χ0) is 32.2. The van der Waals surface area contributed by atoms with Crippen molar-refractivity contribution in [2.75, 3.05) is 0 Å². The van der Waals surface area contributed by atoms with Crippen molar-refractivity contribution < 1.29 is 13.2 Å². The summed E-state index contributed by atoms with van der Waals surface area (Å²) in [4.78, 5) is 0. The van der Waals surface area contributed by atoms with Crippen LogP contribution in [0.25, 0.3) is 11.1 Å². The van der Waals surface area contributed by atoms with Crippen LogP contribution in [0.1, 0.15) is 134 Å². The van der Waals surface area contributed by atoms with Gasteiger partial charge in [-0.1, -0.05) is 121 Å². The lowest BCUT2D eigenvalue weighted by atomic mass is 9.68. The molecule has 3 heteroatoms. The van der Waals surface area contributed by atoms with Crippen molar-refractivity contribution in [3.8, 4) is 11.1 Å². The van der Waals surface area contributed by atoms with Gasteiger partial charge in [-0.3, -0.25) is 0 Å². The van der Waals surface area contributed by atoms with E-state index in [0.717, 1.165) is 54.6 Å². The third kappa shape index (κ3) is 9.72. The molecule has 4 rings (SSSR count). The summed E-state index contributed by atoms with van der Waals surface area (Å²) in [6.45, 7) is 10.7. The third-order valence-electron chi connectivity index (χ3n) is 10.9. The van der Waals surface area contributed by atoms with Gasteiger partial charge in [0.1, 0.15) is 5.83 Å². The molecule has 0 N–H and O–H groups in total. The van der Waals surface area contributed by atoms with Gasteiger partial charge in [-0.05, 0) is 110 Å². The van der Waals surface area contributed by atoms with E-state index in [1.807, 2.05) is 31.2 Å². The summed E-state index contributed by atoms with van der Waals surface area (Å²) >= 11 is 0. The highest BCUT2D eigenvalue weighted by Crippen LogP contribution is 2.44. The first-order valence-corrected chi connectivity index (χ1v) is 18.1. The zero-order valence-corrected chi connectivity index (χ0v) is 28.2. The van der Waals surface area contributed by atoms with Crippen LogP contribution in [0.2, 0.25) is 0 Å². The molecule has 0 unspecified atom stereocenters. The second kappa shape index (κ2) is 18.0. The number of benzene rings is 2. The molecule has 2 aliphatic carbocycles. The summed E-state index contributed by atoms with van der Waals surface area (Å²) in [5, 5.41) is 0. The van der Waals surface area contributed by atoms with Gasteiger partial charge >= 0.3 is 0 Å². The SMILES string of the molecule is C=C(/C=C(/F)[C@H](CC)c1ccc(-c2ccc(C/C=C\CCC)c(F)c2F)cc1)C1CCC(C2CCC(CCCCC)CC2)CC1. The highest BCUT2D eigenvalue weighted by Gasteiger charge is 2.31. The first-order chi connectivity index (χ1) is 21.9. The van der Waals surface area contributed by atoms with Gasteiger partial charge in [-0.2, -0.15) is 0 Å². The van der Waals surface area contributed by atoms with Gasteiger partial charge in [-0.15, -0.1) is 0 Å². The fourth-order valence-corrected chi connectivity index (χ4v) is 7.94. The summed E-state index contributed by atoms with van der Waals surface area (Å²) in [5.41, 5.74) is 2.94. The normalized spacial score (nSPS) is 23.4. The van der Waals surface area contributed by atoms with Crippen LogP contribution in [0.3, 0.4) is 0 Å². The Morgan fingerprint density at radius 3 is 2.09 bits per heavy atom. The van der Waals surface area contributed by atoms with Gasteiger partial charge in [0, 0.05) is 11.5 Å². The summed E-state index contributed by atoms with van der Waals surface area (Å²) in [6.07, 6.45) is 24.4. The number of allylic oxidation sites excluding steroid dienone is 5. The number of halogens is 3. The number of hydrogen-bond acceptors (Lipinski definition) is 0. The molecule has 0 saturated heterocycles. The van der Waals surface area contributed by atoms with Crippen LogP contribution in [-0.2, 0) is 6.42 Å². The Balaban J connectivity index is 1.31. The summed E-state index contributed by atoms with van der Waals surface area (Å²) in [7, 11) is 0. The van der Waals surface area contributed by atoms with E-state index in [1.165, 1.54) is 64.2 Å². The number of rotatable bonds is 15. The molecule has 1 atom stereocenters. The molecular formula is C42H57F3. The van der Waals surface area contributed by atoms with Gasteiger partial charge < -0.3 is 0 Å². The topological polar surface area (TPSA) is 0 Å². The lowest BCUT2D eigenvalue weighted by Crippen LogP contribution is -2.26. The van der Waals surface area contributed by atoms with Crippen LogP contribution in [-0.4, -0.2) is 0 Å². The molecule has 0 aliphatic heterocycles. The van der Waals surface area contributed by atoms with Crippen molar-refractivity contribution in [3.05, 3.63) is 95.4 Å². The molecule has 0 amide bonds. The average molecular weight is 619 g/mol. The molecule has 0 spiro atoms. The summed E-state index contributed by atoms with van der Waals surface area (Å²) in [6, 6.07) is 10.6. The van der Waals surface area contributed by atoms with Crippen LogP contribution in [0.15, 0.2) is 72.6 Å². The standard InChI is InChI=1S/C42H57F3/c1-5-8-10-12-14-37-27-28-39(42(45)41(37)44)36-25-23-35(24-26-36)38(7-3)40(43)29-30(4)32-19-21-34(22-20-32)33-17-15-31(16-18-33)13-11-9-6-2/h10,12,23-29,31-34,38H,4-9,11,13-22H2,1-3H3/b12-10-,40-29+/t31?,32?,33?,34?,38-/m1/s1. The molecule has 0 bridgehead atoms. The van der Waals surface area contributed by atoms with E-state index in [4.69, 9.17) is 0 Å². The molecule has 2 saturated carbocycles. The van der Waals surface area contributed by atoms with E-state index in [2.05, 4.69) is 20.4 Å². The maximum atomic E-state index is 15.7. The van der Waals surface area contributed by atoms with E-state index in [-0.39, 0.29) is 17.3 Å². The molecule has 0 nitrogen and oxygen atoms in total. The van der Waals surface area contributed by atoms with Crippen molar-refractivity contribution in [1.29, 1.82) is 0 Å².